The van der Waals surface area contributed by atoms with Crippen LogP contribution in [-0.2, 0) is 9.59 Å². The van der Waals surface area contributed by atoms with Gasteiger partial charge in [-0.25, -0.2) is 0 Å². The van der Waals surface area contributed by atoms with Crippen molar-refractivity contribution in [3.8, 4) is 17.2 Å². The topological polar surface area (TPSA) is 123 Å². The van der Waals surface area contributed by atoms with E-state index in [9.17, 15) is 27.6 Å². The molecular weight excluding hydrogens is 569 g/mol. The summed E-state index contributed by atoms with van der Waals surface area (Å²) in [6, 6.07) is 16.6. The lowest BCUT2D eigenvalue weighted by molar-refractivity contribution is -0.274. The van der Waals surface area contributed by atoms with Crippen LogP contribution in [0.2, 0.25) is 0 Å². The molecule has 0 saturated carbocycles. The quantitative estimate of drug-likeness (QED) is 0.203. The van der Waals surface area contributed by atoms with Crippen LogP contribution in [-0.4, -0.2) is 50.0 Å². The summed E-state index contributed by atoms with van der Waals surface area (Å²) in [6.07, 6.45) is -3.86. The third kappa shape index (κ3) is 9.38. The molecule has 0 aromatic heterocycles. The first-order valence-electron chi connectivity index (χ1n) is 13.4. The Morgan fingerprint density at radius 2 is 1.51 bits per heavy atom. The minimum atomic E-state index is -4.86. The van der Waals surface area contributed by atoms with Crippen molar-refractivity contribution in [3.63, 3.8) is 0 Å². The summed E-state index contributed by atoms with van der Waals surface area (Å²) < 4.78 is 52.9. The van der Waals surface area contributed by atoms with Gasteiger partial charge in [-0.05, 0) is 59.9 Å². The van der Waals surface area contributed by atoms with Crippen LogP contribution in [0.5, 0.6) is 17.2 Å². The third-order valence-corrected chi connectivity index (χ3v) is 6.63. The highest BCUT2D eigenvalue weighted by Gasteiger charge is 2.33. The summed E-state index contributed by atoms with van der Waals surface area (Å²) in [5, 5.41) is 14.2. The van der Waals surface area contributed by atoms with Gasteiger partial charge in [0.2, 0.25) is 5.91 Å². The smallest absolute Gasteiger partial charge is 0.493 e. The number of carbonyl (C=O) groups is 3. The number of alkyl halides is 3. The number of aliphatic carboxylic acids is 1. The largest absolute Gasteiger partial charge is 0.573 e. The number of nitrogens with one attached hydrogen (secondary N) is 2. The molecule has 2 atom stereocenters. The maximum absolute atomic E-state index is 13.9. The van der Waals surface area contributed by atoms with Gasteiger partial charge in [0.1, 0.15) is 5.75 Å². The van der Waals surface area contributed by atoms with Crippen LogP contribution >= 0.6 is 0 Å². The van der Waals surface area contributed by atoms with Crippen LogP contribution in [0, 0.1) is 0 Å². The fraction of sp³-hybridized carbons (Fsp3) is 0.323. The second-order valence-electron chi connectivity index (χ2n) is 9.57. The number of benzene rings is 3. The number of carboxylic acids is 1. The lowest BCUT2D eigenvalue weighted by Crippen LogP contribution is -2.27. The van der Waals surface area contributed by atoms with E-state index in [4.69, 9.17) is 14.6 Å². The molecule has 2 amide bonds. The molecule has 3 N–H and O–H groups in total. The Kier molecular flexibility index (Phi) is 11.4. The van der Waals surface area contributed by atoms with Crippen LogP contribution in [0.1, 0.15) is 59.5 Å². The normalized spacial score (nSPS) is 12.5. The molecule has 3 aromatic rings. The number of halogens is 3. The fourth-order valence-corrected chi connectivity index (χ4v) is 4.68. The number of methoxy groups -OCH3 is 2. The molecule has 0 spiro atoms. The standard InChI is InChI=1S/C31H33F3N2O7/c1-4-5-24(19-6-8-21(9-7-19)29(39)35-17-16-27(37)38)28(20-10-13-23(14-11-20)43-31(32,33)34)30(40)36-22-12-15-25(41-2)26(18-22)42-3/h6-15,18,24,28H,4-5,16-17H2,1-3H3,(H,35,39)(H,36,40)(H,37,38)/t24?,28-/m1/s1. The average Bonchev–Trinajstić information content (AvgIpc) is 2.96. The summed E-state index contributed by atoms with van der Waals surface area (Å²) in [4.78, 5) is 37.1. The zero-order valence-electron chi connectivity index (χ0n) is 23.9. The number of hydrogen-bond donors (Lipinski definition) is 3. The molecule has 3 aromatic carbocycles. The Hall–Kier alpha value is -4.74. The minimum absolute atomic E-state index is 0.0270. The summed E-state index contributed by atoms with van der Waals surface area (Å²) in [7, 11) is 2.95. The van der Waals surface area contributed by atoms with Gasteiger partial charge in [-0.1, -0.05) is 37.6 Å². The van der Waals surface area contributed by atoms with Crippen molar-refractivity contribution < 1.29 is 46.9 Å². The van der Waals surface area contributed by atoms with E-state index in [0.29, 0.717) is 41.2 Å². The van der Waals surface area contributed by atoms with Crippen molar-refractivity contribution in [2.45, 2.75) is 44.4 Å². The molecule has 0 aliphatic carbocycles. The number of anilines is 1. The fourth-order valence-electron chi connectivity index (χ4n) is 4.68. The number of rotatable bonds is 14. The number of carboxylic acid groups (broad SMARTS) is 1. The Morgan fingerprint density at radius 1 is 0.884 bits per heavy atom. The Bertz CT molecular complexity index is 1390. The van der Waals surface area contributed by atoms with E-state index in [1.54, 1.807) is 42.5 Å². The zero-order chi connectivity index (χ0) is 31.6. The van der Waals surface area contributed by atoms with Gasteiger partial charge in [0.05, 0.1) is 26.6 Å². The van der Waals surface area contributed by atoms with E-state index in [-0.39, 0.29) is 13.0 Å². The van der Waals surface area contributed by atoms with Crippen molar-refractivity contribution in [2.24, 2.45) is 0 Å². The molecule has 3 rings (SSSR count). The zero-order valence-corrected chi connectivity index (χ0v) is 23.9. The summed E-state index contributed by atoms with van der Waals surface area (Å²) in [5.74, 6) is -2.71. The van der Waals surface area contributed by atoms with E-state index in [0.717, 1.165) is 17.7 Å². The number of ether oxygens (including phenoxy) is 3. The van der Waals surface area contributed by atoms with E-state index in [1.807, 2.05) is 6.92 Å². The molecule has 0 fully saturated rings. The van der Waals surface area contributed by atoms with Gasteiger partial charge in [0.25, 0.3) is 5.91 Å². The van der Waals surface area contributed by atoms with Crippen molar-refractivity contribution >= 4 is 23.5 Å². The Balaban J connectivity index is 1.97. The van der Waals surface area contributed by atoms with E-state index >= 15 is 0 Å². The summed E-state index contributed by atoms with van der Waals surface area (Å²) >= 11 is 0. The van der Waals surface area contributed by atoms with Crippen LogP contribution in [0.15, 0.2) is 66.7 Å². The minimum Gasteiger partial charge on any atom is -0.493 e. The van der Waals surface area contributed by atoms with Gasteiger partial charge >= 0.3 is 12.3 Å². The molecule has 0 radical (unpaired) electrons. The maximum atomic E-state index is 13.9. The van der Waals surface area contributed by atoms with Crippen molar-refractivity contribution in [1.29, 1.82) is 0 Å². The van der Waals surface area contributed by atoms with Gasteiger partial charge in [0.15, 0.2) is 11.5 Å². The third-order valence-electron chi connectivity index (χ3n) is 6.63. The predicted octanol–water partition coefficient (Wildman–Crippen LogP) is 6.11. The first-order valence-corrected chi connectivity index (χ1v) is 13.4. The van der Waals surface area contributed by atoms with Crippen LogP contribution in [0.4, 0.5) is 18.9 Å². The van der Waals surface area contributed by atoms with Gasteiger partial charge in [0, 0.05) is 23.9 Å². The molecule has 9 nitrogen and oxygen atoms in total. The van der Waals surface area contributed by atoms with Gasteiger partial charge in [-0.3, -0.25) is 14.4 Å². The first-order chi connectivity index (χ1) is 20.4. The molecule has 230 valence electrons. The SMILES string of the molecule is CCCC(c1ccc(C(=O)NCCC(=O)O)cc1)[C@H](C(=O)Nc1ccc(OC)c(OC)c1)c1ccc(OC(F)(F)F)cc1. The highest BCUT2D eigenvalue weighted by molar-refractivity contribution is 5.97. The Labute approximate surface area is 247 Å². The number of amides is 2. The summed E-state index contributed by atoms with van der Waals surface area (Å²) in [6.45, 7) is 1.92. The van der Waals surface area contributed by atoms with Crippen molar-refractivity contribution in [2.75, 3.05) is 26.1 Å². The molecular formula is C31H33F3N2O7. The first kappa shape index (κ1) is 32.8. The number of hydrogen-bond acceptors (Lipinski definition) is 6. The monoisotopic (exact) mass is 602 g/mol. The van der Waals surface area contributed by atoms with Crippen LogP contribution < -0.4 is 24.8 Å². The molecule has 1 unspecified atom stereocenters. The van der Waals surface area contributed by atoms with Crippen LogP contribution in [0.25, 0.3) is 0 Å². The van der Waals surface area contributed by atoms with Crippen molar-refractivity contribution in [3.05, 3.63) is 83.4 Å². The highest BCUT2D eigenvalue weighted by atomic mass is 19.4. The Morgan fingerprint density at radius 3 is 2.07 bits per heavy atom. The van der Waals surface area contributed by atoms with Crippen molar-refractivity contribution in [1.82, 2.24) is 5.32 Å². The summed E-state index contributed by atoms with van der Waals surface area (Å²) in [5.41, 5.74) is 1.92. The molecule has 0 aliphatic rings. The maximum Gasteiger partial charge on any atom is 0.573 e. The lowest BCUT2D eigenvalue weighted by Gasteiger charge is -2.28. The lowest BCUT2D eigenvalue weighted by atomic mass is 9.78. The molecule has 0 saturated heterocycles. The van der Waals surface area contributed by atoms with Crippen LogP contribution in [0.3, 0.4) is 0 Å². The predicted molar refractivity (Wildman–Crippen MR) is 153 cm³/mol. The molecule has 0 heterocycles. The van der Waals surface area contributed by atoms with Gasteiger partial charge in [-0.2, -0.15) is 0 Å². The second kappa shape index (κ2) is 14.9. The molecule has 0 aliphatic heterocycles. The average molecular weight is 603 g/mol. The van der Waals surface area contributed by atoms with E-state index in [1.165, 1.54) is 26.4 Å². The number of carbonyl (C=O) groups excluding carboxylic acids is 2. The molecule has 0 bridgehead atoms. The molecule has 43 heavy (non-hydrogen) atoms. The van der Waals surface area contributed by atoms with Gasteiger partial charge in [-0.15, -0.1) is 13.2 Å². The van der Waals surface area contributed by atoms with E-state index < -0.39 is 41.7 Å². The highest BCUT2D eigenvalue weighted by Crippen LogP contribution is 2.39. The molecule has 12 heteroatoms. The second-order valence-corrected chi connectivity index (χ2v) is 9.57. The van der Waals surface area contributed by atoms with E-state index in [2.05, 4.69) is 15.4 Å². The van der Waals surface area contributed by atoms with Gasteiger partial charge < -0.3 is 30.0 Å².